The van der Waals surface area contributed by atoms with Crippen molar-refractivity contribution in [1.29, 1.82) is 0 Å². The van der Waals surface area contributed by atoms with E-state index in [0.29, 0.717) is 44.5 Å². The zero-order valence-corrected chi connectivity index (χ0v) is 15.5. The van der Waals surface area contributed by atoms with Gasteiger partial charge in [-0.1, -0.05) is 29.8 Å². The molecule has 2 aromatic rings. The molecule has 142 valence electrons. The van der Waals surface area contributed by atoms with Gasteiger partial charge in [0.2, 0.25) is 0 Å². The molecule has 2 aromatic carbocycles. The molecule has 0 N–H and O–H groups in total. The highest BCUT2D eigenvalue weighted by Gasteiger charge is 2.28. The first-order chi connectivity index (χ1) is 13.0. The Morgan fingerprint density at radius 1 is 1.11 bits per heavy atom. The van der Waals surface area contributed by atoms with Gasteiger partial charge in [-0.3, -0.25) is 4.79 Å². The SMILES string of the molecule is Cc1cccc(CCOC(=O)N2CCC(C(=O)c3ccc(F)cc3)CC2)c1. The highest BCUT2D eigenvalue weighted by molar-refractivity contribution is 5.97. The summed E-state index contributed by atoms with van der Waals surface area (Å²) in [4.78, 5) is 26.4. The number of carbonyl (C=O) groups excluding carboxylic acids is 2. The van der Waals surface area contributed by atoms with Crippen LogP contribution >= 0.6 is 0 Å². The van der Waals surface area contributed by atoms with Gasteiger partial charge in [-0.15, -0.1) is 0 Å². The van der Waals surface area contributed by atoms with Crippen molar-refractivity contribution in [2.45, 2.75) is 26.2 Å². The Morgan fingerprint density at radius 2 is 1.81 bits per heavy atom. The van der Waals surface area contributed by atoms with Gasteiger partial charge in [-0.2, -0.15) is 0 Å². The number of benzene rings is 2. The molecule has 1 aliphatic rings. The summed E-state index contributed by atoms with van der Waals surface area (Å²) in [6, 6.07) is 13.8. The van der Waals surface area contributed by atoms with Crippen molar-refractivity contribution in [2.24, 2.45) is 5.92 Å². The molecule has 0 aliphatic carbocycles. The van der Waals surface area contributed by atoms with Crippen molar-refractivity contribution in [3.8, 4) is 0 Å². The molecule has 1 heterocycles. The van der Waals surface area contributed by atoms with E-state index in [0.717, 1.165) is 5.56 Å². The third-order valence-corrected chi connectivity index (χ3v) is 4.95. The Morgan fingerprint density at radius 3 is 2.48 bits per heavy atom. The van der Waals surface area contributed by atoms with Gasteiger partial charge in [0.15, 0.2) is 5.78 Å². The Hall–Kier alpha value is -2.69. The smallest absolute Gasteiger partial charge is 0.409 e. The van der Waals surface area contributed by atoms with Gasteiger partial charge in [0.1, 0.15) is 5.82 Å². The van der Waals surface area contributed by atoms with E-state index >= 15 is 0 Å². The second kappa shape index (κ2) is 8.80. The summed E-state index contributed by atoms with van der Waals surface area (Å²) in [5.41, 5.74) is 2.86. The first-order valence-corrected chi connectivity index (χ1v) is 9.30. The minimum Gasteiger partial charge on any atom is -0.449 e. The van der Waals surface area contributed by atoms with Gasteiger partial charge >= 0.3 is 6.09 Å². The number of hydrogen-bond acceptors (Lipinski definition) is 3. The lowest BCUT2D eigenvalue weighted by molar-refractivity contribution is 0.0741. The zero-order chi connectivity index (χ0) is 19.2. The molecule has 5 heteroatoms. The fourth-order valence-electron chi connectivity index (χ4n) is 3.39. The summed E-state index contributed by atoms with van der Waals surface area (Å²) >= 11 is 0. The maximum absolute atomic E-state index is 13.0. The maximum Gasteiger partial charge on any atom is 0.409 e. The molecule has 0 atom stereocenters. The van der Waals surface area contributed by atoms with Crippen LogP contribution in [-0.4, -0.2) is 36.5 Å². The van der Waals surface area contributed by atoms with Crippen LogP contribution in [0, 0.1) is 18.7 Å². The Bertz CT molecular complexity index is 795. The molecule has 4 nitrogen and oxygen atoms in total. The topological polar surface area (TPSA) is 46.6 Å². The summed E-state index contributed by atoms with van der Waals surface area (Å²) < 4.78 is 18.4. The molecular weight excluding hydrogens is 345 g/mol. The fraction of sp³-hybridized carbons (Fsp3) is 0.364. The van der Waals surface area contributed by atoms with Gasteiger partial charge in [0.05, 0.1) is 6.61 Å². The number of aryl methyl sites for hydroxylation is 1. The van der Waals surface area contributed by atoms with E-state index < -0.39 is 0 Å². The summed E-state index contributed by atoms with van der Waals surface area (Å²) in [6.45, 7) is 3.38. The van der Waals surface area contributed by atoms with E-state index in [4.69, 9.17) is 4.74 Å². The average Bonchev–Trinajstić information content (AvgIpc) is 2.68. The van der Waals surface area contributed by atoms with Crippen LogP contribution < -0.4 is 0 Å². The van der Waals surface area contributed by atoms with Crippen LogP contribution in [0.3, 0.4) is 0 Å². The minimum absolute atomic E-state index is 0.0162. The molecule has 1 amide bonds. The van der Waals surface area contributed by atoms with Crippen LogP contribution in [0.25, 0.3) is 0 Å². The Labute approximate surface area is 158 Å². The lowest BCUT2D eigenvalue weighted by atomic mass is 9.89. The van der Waals surface area contributed by atoms with Crippen LogP contribution in [0.4, 0.5) is 9.18 Å². The lowest BCUT2D eigenvalue weighted by Crippen LogP contribution is -2.40. The maximum atomic E-state index is 13.0. The van der Waals surface area contributed by atoms with Crippen LogP contribution in [0.15, 0.2) is 48.5 Å². The number of rotatable bonds is 5. The van der Waals surface area contributed by atoms with Gasteiger partial charge in [0, 0.05) is 31.0 Å². The van der Waals surface area contributed by atoms with Gasteiger partial charge in [-0.25, -0.2) is 9.18 Å². The predicted molar refractivity (Wildman–Crippen MR) is 101 cm³/mol. The fourth-order valence-corrected chi connectivity index (χ4v) is 3.39. The summed E-state index contributed by atoms with van der Waals surface area (Å²) in [7, 11) is 0. The zero-order valence-electron chi connectivity index (χ0n) is 15.5. The second-order valence-electron chi connectivity index (χ2n) is 6.99. The van der Waals surface area contributed by atoms with E-state index in [1.165, 1.54) is 29.8 Å². The molecule has 27 heavy (non-hydrogen) atoms. The molecule has 0 spiro atoms. The van der Waals surface area contributed by atoms with E-state index in [-0.39, 0.29) is 23.6 Å². The number of amides is 1. The Balaban J connectivity index is 1.43. The van der Waals surface area contributed by atoms with Gasteiger partial charge in [-0.05, 0) is 49.6 Å². The van der Waals surface area contributed by atoms with Crippen molar-refractivity contribution >= 4 is 11.9 Å². The first kappa shape index (κ1) is 19.1. The molecule has 0 aromatic heterocycles. The highest BCUT2D eigenvalue weighted by Crippen LogP contribution is 2.22. The third kappa shape index (κ3) is 5.16. The van der Waals surface area contributed by atoms with E-state index in [2.05, 4.69) is 6.07 Å². The Kier molecular flexibility index (Phi) is 6.22. The molecule has 0 bridgehead atoms. The molecule has 1 aliphatic heterocycles. The summed E-state index contributed by atoms with van der Waals surface area (Å²) in [5.74, 6) is -0.468. The quantitative estimate of drug-likeness (QED) is 0.734. The van der Waals surface area contributed by atoms with Gasteiger partial charge in [0.25, 0.3) is 0 Å². The van der Waals surface area contributed by atoms with E-state index in [1.54, 1.807) is 4.90 Å². The molecule has 3 rings (SSSR count). The van der Waals surface area contributed by atoms with Crippen LogP contribution in [0.1, 0.15) is 34.3 Å². The molecule has 0 saturated carbocycles. The monoisotopic (exact) mass is 369 g/mol. The number of likely N-dealkylation sites (tertiary alicyclic amines) is 1. The van der Waals surface area contributed by atoms with Crippen LogP contribution in [0.2, 0.25) is 0 Å². The van der Waals surface area contributed by atoms with Crippen molar-refractivity contribution in [1.82, 2.24) is 4.90 Å². The minimum atomic E-state index is -0.352. The molecule has 0 unspecified atom stereocenters. The van der Waals surface area contributed by atoms with E-state index in [9.17, 15) is 14.0 Å². The number of halogens is 1. The summed E-state index contributed by atoms with van der Waals surface area (Å²) in [5, 5.41) is 0. The first-order valence-electron chi connectivity index (χ1n) is 9.30. The van der Waals surface area contributed by atoms with Crippen molar-refractivity contribution in [2.75, 3.05) is 19.7 Å². The van der Waals surface area contributed by atoms with Crippen molar-refractivity contribution < 1.29 is 18.7 Å². The number of ketones is 1. The lowest BCUT2D eigenvalue weighted by Gasteiger charge is -2.30. The number of carbonyl (C=O) groups is 2. The number of nitrogens with zero attached hydrogens (tertiary/aromatic N) is 1. The van der Waals surface area contributed by atoms with Crippen molar-refractivity contribution in [3.05, 3.63) is 71.0 Å². The third-order valence-electron chi connectivity index (χ3n) is 4.95. The number of ether oxygens (including phenoxy) is 1. The summed E-state index contributed by atoms with van der Waals surface area (Å²) in [6.07, 6.45) is 1.56. The van der Waals surface area contributed by atoms with Crippen molar-refractivity contribution in [3.63, 3.8) is 0 Å². The molecular formula is C22H24FNO3. The number of hydrogen-bond donors (Lipinski definition) is 0. The molecule has 1 saturated heterocycles. The largest absolute Gasteiger partial charge is 0.449 e. The number of piperidine rings is 1. The standard InChI is InChI=1S/C22H24FNO3/c1-16-3-2-4-17(15-16)11-14-27-22(26)24-12-9-19(10-13-24)21(25)18-5-7-20(23)8-6-18/h2-8,15,19H,9-14H2,1H3. The second-order valence-corrected chi connectivity index (χ2v) is 6.99. The number of Topliss-reactive ketones (excluding diaryl/α,β-unsaturated/α-hetero) is 1. The highest BCUT2D eigenvalue weighted by atomic mass is 19.1. The average molecular weight is 369 g/mol. The van der Waals surface area contributed by atoms with Crippen LogP contribution in [0.5, 0.6) is 0 Å². The predicted octanol–water partition coefficient (Wildman–Crippen LogP) is 4.41. The van der Waals surface area contributed by atoms with E-state index in [1.807, 2.05) is 25.1 Å². The molecule has 1 fully saturated rings. The van der Waals surface area contributed by atoms with Gasteiger partial charge < -0.3 is 9.64 Å². The normalized spacial score (nSPS) is 14.8. The molecule has 0 radical (unpaired) electrons. The van der Waals surface area contributed by atoms with Crippen LogP contribution in [-0.2, 0) is 11.2 Å².